The lowest BCUT2D eigenvalue weighted by Crippen LogP contribution is -2.25. The number of nitrogens with zero attached hydrogens (tertiary/aromatic N) is 1. The number of unbranched alkanes of at least 4 members (excludes halogenated alkanes) is 2. The zero-order valence-corrected chi connectivity index (χ0v) is 18.9. The van der Waals surface area contributed by atoms with Gasteiger partial charge in [0.2, 0.25) is 0 Å². The highest BCUT2D eigenvalue weighted by Crippen LogP contribution is 2.19. The molecule has 0 atom stereocenters. The van der Waals surface area contributed by atoms with E-state index in [2.05, 4.69) is 59.1 Å². The van der Waals surface area contributed by atoms with Gasteiger partial charge >= 0.3 is 11.9 Å². The first kappa shape index (κ1) is 24.2. The number of rotatable bonds is 11. The number of anilines is 2. The molecule has 31 heavy (non-hydrogen) atoms. The number of hydrogen-bond donors (Lipinski definition) is 1. The molecule has 1 amide bonds. The van der Waals surface area contributed by atoms with Crippen molar-refractivity contribution in [2.24, 2.45) is 0 Å². The molecular formula is C26H34N2O3. The molecule has 0 aliphatic rings. The van der Waals surface area contributed by atoms with E-state index in [9.17, 15) is 9.59 Å². The van der Waals surface area contributed by atoms with E-state index in [1.807, 2.05) is 18.2 Å². The third-order valence-corrected chi connectivity index (χ3v) is 4.92. The van der Waals surface area contributed by atoms with Gasteiger partial charge in [-0.05, 0) is 55.2 Å². The third kappa shape index (κ3) is 8.28. The van der Waals surface area contributed by atoms with Crippen molar-refractivity contribution in [3.8, 4) is 0 Å². The van der Waals surface area contributed by atoms with E-state index in [1.54, 1.807) is 19.1 Å². The maximum absolute atomic E-state index is 11.7. The molecule has 0 saturated carbocycles. The second-order valence-electron chi connectivity index (χ2n) is 7.42. The molecule has 2 aromatic rings. The van der Waals surface area contributed by atoms with Crippen molar-refractivity contribution in [2.45, 2.75) is 46.5 Å². The second-order valence-corrected chi connectivity index (χ2v) is 7.42. The summed E-state index contributed by atoms with van der Waals surface area (Å²) in [5.41, 5.74) is 3.97. The van der Waals surface area contributed by atoms with Crippen LogP contribution >= 0.6 is 0 Å². The summed E-state index contributed by atoms with van der Waals surface area (Å²) in [6.07, 6.45) is 8.92. The molecule has 5 nitrogen and oxygen atoms in total. The smallest absolute Gasteiger partial charge is 0.397 e. The Hall–Kier alpha value is -3.08. The monoisotopic (exact) mass is 422 g/mol. The quantitative estimate of drug-likeness (QED) is 0.284. The van der Waals surface area contributed by atoms with Gasteiger partial charge in [0, 0.05) is 24.5 Å². The van der Waals surface area contributed by atoms with E-state index >= 15 is 0 Å². The van der Waals surface area contributed by atoms with Gasteiger partial charge in [0.15, 0.2) is 0 Å². The van der Waals surface area contributed by atoms with Crippen molar-refractivity contribution >= 4 is 35.4 Å². The SMILES string of the molecule is CCCCN(CCCC)c1ccc(/C=C/c2ccc(NC(=O)C(=O)OCC)cc2)cc1. The number of carbonyl (C=O) groups is 2. The Bertz CT molecular complexity index is 834. The Kier molecular flexibility index (Phi) is 10.4. The molecule has 0 fully saturated rings. The van der Waals surface area contributed by atoms with E-state index < -0.39 is 11.9 Å². The third-order valence-electron chi connectivity index (χ3n) is 4.92. The summed E-state index contributed by atoms with van der Waals surface area (Å²) in [4.78, 5) is 25.6. The van der Waals surface area contributed by atoms with Crippen molar-refractivity contribution in [1.29, 1.82) is 0 Å². The topological polar surface area (TPSA) is 58.6 Å². The number of amides is 1. The number of ether oxygens (including phenoxy) is 1. The Morgan fingerprint density at radius 1 is 0.839 bits per heavy atom. The zero-order chi connectivity index (χ0) is 22.5. The highest BCUT2D eigenvalue weighted by molar-refractivity contribution is 6.37. The first-order chi connectivity index (χ1) is 15.1. The van der Waals surface area contributed by atoms with Crippen molar-refractivity contribution in [2.75, 3.05) is 29.9 Å². The Labute approximate surface area is 186 Å². The van der Waals surface area contributed by atoms with Gasteiger partial charge in [-0.2, -0.15) is 0 Å². The molecule has 0 aliphatic carbocycles. The van der Waals surface area contributed by atoms with Crippen LogP contribution in [0, 0.1) is 0 Å². The summed E-state index contributed by atoms with van der Waals surface area (Å²) in [5.74, 6) is -1.64. The van der Waals surface area contributed by atoms with Crippen LogP contribution in [0.25, 0.3) is 12.2 Å². The molecule has 0 saturated heterocycles. The van der Waals surface area contributed by atoms with Gasteiger partial charge in [-0.25, -0.2) is 4.79 Å². The molecule has 0 aromatic heterocycles. The Morgan fingerprint density at radius 2 is 1.35 bits per heavy atom. The molecule has 0 heterocycles. The fraction of sp³-hybridized carbons (Fsp3) is 0.385. The van der Waals surface area contributed by atoms with Crippen LogP contribution in [0.5, 0.6) is 0 Å². The molecule has 2 rings (SSSR count). The van der Waals surface area contributed by atoms with Crippen LogP contribution in [-0.2, 0) is 14.3 Å². The number of carbonyl (C=O) groups excluding carboxylic acids is 2. The minimum atomic E-state index is -0.877. The minimum absolute atomic E-state index is 0.173. The number of nitrogens with one attached hydrogen (secondary N) is 1. The molecule has 0 unspecified atom stereocenters. The lowest BCUT2D eigenvalue weighted by molar-refractivity contribution is -0.152. The van der Waals surface area contributed by atoms with Gasteiger partial charge in [-0.3, -0.25) is 4.79 Å². The summed E-state index contributed by atoms with van der Waals surface area (Å²) in [6, 6.07) is 16.0. The van der Waals surface area contributed by atoms with E-state index in [0.29, 0.717) is 5.69 Å². The van der Waals surface area contributed by atoms with Crippen LogP contribution < -0.4 is 10.2 Å². The van der Waals surface area contributed by atoms with Crippen molar-refractivity contribution in [3.05, 3.63) is 59.7 Å². The molecule has 0 spiro atoms. The van der Waals surface area contributed by atoms with Gasteiger partial charge in [0.05, 0.1) is 6.61 Å². The van der Waals surface area contributed by atoms with E-state index in [1.165, 1.54) is 31.4 Å². The molecule has 0 radical (unpaired) electrons. The van der Waals surface area contributed by atoms with Gasteiger partial charge in [0.1, 0.15) is 0 Å². The van der Waals surface area contributed by atoms with Gasteiger partial charge in [-0.15, -0.1) is 0 Å². The number of esters is 1. The van der Waals surface area contributed by atoms with Gasteiger partial charge in [-0.1, -0.05) is 63.1 Å². The largest absolute Gasteiger partial charge is 0.459 e. The molecule has 0 aliphatic heterocycles. The lowest BCUT2D eigenvalue weighted by Gasteiger charge is -2.24. The standard InChI is InChI=1S/C26H34N2O3/c1-4-7-19-28(20-8-5-2)24-17-13-22(14-18-24)10-9-21-11-15-23(16-12-21)27-25(29)26(30)31-6-3/h9-18H,4-8,19-20H2,1-3H3,(H,27,29)/b10-9+. The van der Waals surface area contributed by atoms with Crippen LogP contribution in [0.1, 0.15) is 57.6 Å². The van der Waals surface area contributed by atoms with Crippen molar-refractivity contribution in [3.63, 3.8) is 0 Å². The van der Waals surface area contributed by atoms with Crippen LogP contribution in [0.2, 0.25) is 0 Å². The maximum atomic E-state index is 11.7. The summed E-state index contributed by atoms with van der Waals surface area (Å²) in [6.45, 7) is 8.50. The fourth-order valence-electron chi connectivity index (χ4n) is 3.11. The van der Waals surface area contributed by atoms with E-state index in [4.69, 9.17) is 0 Å². The van der Waals surface area contributed by atoms with E-state index in [-0.39, 0.29) is 6.61 Å². The highest BCUT2D eigenvalue weighted by atomic mass is 16.5. The zero-order valence-electron chi connectivity index (χ0n) is 18.9. The Morgan fingerprint density at radius 3 is 1.84 bits per heavy atom. The molecular weight excluding hydrogens is 388 g/mol. The maximum Gasteiger partial charge on any atom is 0.397 e. The van der Waals surface area contributed by atoms with Crippen molar-refractivity contribution < 1.29 is 14.3 Å². The Balaban J connectivity index is 1.97. The molecule has 2 aromatic carbocycles. The molecule has 0 bridgehead atoms. The van der Waals surface area contributed by atoms with Gasteiger partial charge < -0.3 is 15.0 Å². The normalized spacial score (nSPS) is 10.8. The number of hydrogen-bond acceptors (Lipinski definition) is 4. The first-order valence-corrected chi connectivity index (χ1v) is 11.2. The second kappa shape index (κ2) is 13.3. The summed E-state index contributed by atoms with van der Waals surface area (Å²) < 4.78 is 4.68. The fourth-order valence-corrected chi connectivity index (χ4v) is 3.11. The van der Waals surface area contributed by atoms with E-state index in [0.717, 1.165) is 24.2 Å². The van der Waals surface area contributed by atoms with Crippen LogP contribution in [-0.4, -0.2) is 31.6 Å². The predicted octanol–water partition coefficient (Wildman–Crippen LogP) is 5.77. The van der Waals surface area contributed by atoms with Crippen LogP contribution in [0.3, 0.4) is 0 Å². The average molecular weight is 423 g/mol. The van der Waals surface area contributed by atoms with Crippen LogP contribution in [0.15, 0.2) is 48.5 Å². The average Bonchev–Trinajstić information content (AvgIpc) is 2.79. The summed E-state index contributed by atoms with van der Waals surface area (Å²) in [7, 11) is 0. The minimum Gasteiger partial charge on any atom is -0.459 e. The summed E-state index contributed by atoms with van der Waals surface area (Å²) >= 11 is 0. The summed E-state index contributed by atoms with van der Waals surface area (Å²) in [5, 5.41) is 2.53. The molecule has 1 N–H and O–H groups in total. The predicted molar refractivity (Wildman–Crippen MR) is 129 cm³/mol. The highest BCUT2D eigenvalue weighted by Gasteiger charge is 2.14. The first-order valence-electron chi connectivity index (χ1n) is 11.2. The lowest BCUT2D eigenvalue weighted by atomic mass is 10.1. The van der Waals surface area contributed by atoms with Gasteiger partial charge in [0.25, 0.3) is 0 Å². The number of benzene rings is 2. The molecule has 166 valence electrons. The van der Waals surface area contributed by atoms with Crippen LogP contribution in [0.4, 0.5) is 11.4 Å². The van der Waals surface area contributed by atoms with Crippen molar-refractivity contribution in [1.82, 2.24) is 0 Å². The molecule has 5 heteroatoms.